The molecule has 3 N–H and O–H groups in total. The molecule has 0 heterocycles. The van der Waals surface area contributed by atoms with E-state index in [1.807, 2.05) is 0 Å². The second-order valence-electron chi connectivity index (χ2n) is 7.35. The van der Waals surface area contributed by atoms with Crippen LogP contribution in [0.15, 0.2) is 0 Å². The van der Waals surface area contributed by atoms with Gasteiger partial charge in [-0.3, -0.25) is 4.79 Å². The van der Waals surface area contributed by atoms with E-state index < -0.39 is 0 Å². The van der Waals surface area contributed by atoms with Crippen LogP contribution < -0.4 is 11.1 Å². The molecular weight excluding hydrogens is 236 g/mol. The number of carbonyl (C=O) groups is 1. The predicted octanol–water partition coefficient (Wildman–Crippen LogP) is 2.59. The topological polar surface area (TPSA) is 55.1 Å². The minimum Gasteiger partial charge on any atom is -0.356 e. The fourth-order valence-corrected chi connectivity index (χ4v) is 4.02. The minimum atomic E-state index is 0.110. The number of hydrogen-bond donors (Lipinski definition) is 2. The first kappa shape index (κ1) is 13.4. The van der Waals surface area contributed by atoms with E-state index in [0.29, 0.717) is 18.4 Å². The fraction of sp³-hybridized carbons (Fsp3) is 0.938. The normalized spacial score (nSPS) is 27.8. The summed E-state index contributed by atoms with van der Waals surface area (Å²) in [6.45, 7) is 1.60. The quantitative estimate of drug-likeness (QED) is 0.774. The lowest BCUT2D eigenvalue weighted by atomic mass is 9.71. The van der Waals surface area contributed by atoms with Crippen molar-refractivity contribution in [3.05, 3.63) is 0 Å². The van der Waals surface area contributed by atoms with Gasteiger partial charge in [-0.1, -0.05) is 19.3 Å². The third-order valence-electron chi connectivity index (χ3n) is 5.86. The molecule has 0 atom stereocenters. The standard InChI is InChI=1S/C16H28N2O/c17-11-15(6-2-1-3-7-15)10-14(19)18-12-16(8-9-16)13-4-5-13/h13H,1-12,17H2,(H,18,19). The van der Waals surface area contributed by atoms with Gasteiger partial charge in [-0.25, -0.2) is 0 Å². The van der Waals surface area contributed by atoms with Gasteiger partial charge < -0.3 is 11.1 Å². The van der Waals surface area contributed by atoms with Gasteiger partial charge in [-0.05, 0) is 61.8 Å². The highest BCUT2D eigenvalue weighted by molar-refractivity contribution is 5.76. The molecule has 3 aliphatic carbocycles. The second kappa shape index (κ2) is 5.08. The van der Waals surface area contributed by atoms with Crippen molar-refractivity contribution >= 4 is 5.91 Å². The molecule has 3 nitrogen and oxygen atoms in total. The highest BCUT2D eigenvalue weighted by Crippen LogP contribution is 2.60. The van der Waals surface area contributed by atoms with Gasteiger partial charge in [0.2, 0.25) is 5.91 Å². The number of rotatable bonds is 6. The zero-order valence-electron chi connectivity index (χ0n) is 12.0. The fourth-order valence-electron chi connectivity index (χ4n) is 4.02. The number of hydrogen-bond acceptors (Lipinski definition) is 2. The van der Waals surface area contributed by atoms with Gasteiger partial charge in [-0.2, -0.15) is 0 Å². The summed E-state index contributed by atoms with van der Waals surface area (Å²) >= 11 is 0. The van der Waals surface area contributed by atoms with E-state index in [2.05, 4.69) is 5.32 Å². The van der Waals surface area contributed by atoms with Gasteiger partial charge in [0.25, 0.3) is 0 Å². The molecule has 0 saturated heterocycles. The highest BCUT2D eigenvalue weighted by Gasteiger charge is 2.53. The van der Waals surface area contributed by atoms with E-state index in [1.54, 1.807) is 0 Å². The first-order valence-corrected chi connectivity index (χ1v) is 8.15. The summed E-state index contributed by atoms with van der Waals surface area (Å²) in [4.78, 5) is 12.2. The minimum absolute atomic E-state index is 0.110. The summed E-state index contributed by atoms with van der Waals surface area (Å²) in [6.07, 6.45) is 12.2. The van der Waals surface area contributed by atoms with Crippen LogP contribution >= 0.6 is 0 Å². The van der Waals surface area contributed by atoms with Crippen molar-refractivity contribution in [1.82, 2.24) is 5.32 Å². The molecule has 0 bridgehead atoms. The summed E-state index contributed by atoms with van der Waals surface area (Å²) in [7, 11) is 0. The van der Waals surface area contributed by atoms with E-state index in [4.69, 9.17) is 5.73 Å². The molecule has 0 aliphatic heterocycles. The molecule has 0 unspecified atom stereocenters. The average molecular weight is 264 g/mol. The highest BCUT2D eigenvalue weighted by atomic mass is 16.1. The molecule has 0 aromatic rings. The largest absolute Gasteiger partial charge is 0.356 e. The van der Waals surface area contributed by atoms with Crippen LogP contribution in [0.1, 0.15) is 64.2 Å². The number of amides is 1. The first-order valence-electron chi connectivity index (χ1n) is 8.15. The lowest BCUT2D eigenvalue weighted by molar-refractivity contribution is -0.124. The van der Waals surface area contributed by atoms with Crippen molar-refractivity contribution in [3.63, 3.8) is 0 Å². The van der Waals surface area contributed by atoms with E-state index >= 15 is 0 Å². The van der Waals surface area contributed by atoms with Crippen molar-refractivity contribution < 1.29 is 4.79 Å². The Labute approximate surface area is 116 Å². The molecule has 0 aromatic carbocycles. The Morgan fingerprint density at radius 3 is 2.32 bits per heavy atom. The lowest BCUT2D eigenvalue weighted by Crippen LogP contribution is -2.40. The maximum atomic E-state index is 12.2. The summed E-state index contributed by atoms with van der Waals surface area (Å²) in [5.41, 5.74) is 6.58. The summed E-state index contributed by atoms with van der Waals surface area (Å²) in [6, 6.07) is 0. The van der Waals surface area contributed by atoms with Crippen LogP contribution in [0.2, 0.25) is 0 Å². The van der Waals surface area contributed by atoms with Crippen molar-refractivity contribution in [3.8, 4) is 0 Å². The zero-order valence-corrected chi connectivity index (χ0v) is 12.0. The third-order valence-corrected chi connectivity index (χ3v) is 5.86. The Morgan fingerprint density at radius 1 is 1.11 bits per heavy atom. The van der Waals surface area contributed by atoms with Crippen LogP contribution in [0.4, 0.5) is 0 Å². The molecule has 3 aliphatic rings. The molecule has 0 aromatic heterocycles. The molecule has 108 valence electrons. The van der Waals surface area contributed by atoms with Gasteiger partial charge >= 0.3 is 0 Å². The molecule has 1 amide bonds. The van der Waals surface area contributed by atoms with Gasteiger partial charge in [0.15, 0.2) is 0 Å². The molecule has 0 radical (unpaired) electrons. The van der Waals surface area contributed by atoms with Crippen molar-refractivity contribution in [2.45, 2.75) is 64.2 Å². The lowest BCUT2D eigenvalue weighted by Gasteiger charge is -2.35. The van der Waals surface area contributed by atoms with E-state index in [1.165, 1.54) is 44.9 Å². The van der Waals surface area contributed by atoms with Crippen LogP contribution in [0, 0.1) is 16.7 Å². The van der Waals surface area contributed by atoms with Crippen LogP contribution in [0.5, 0.6) is 0 Å². The Balaban J connectivity index is 1.47. The zero-order chi connectivity index (χ0) is 13.3. The van der Waals surface area contributed by atoms with Crippen LogP contribution in [-0.2, 0) is 4.79 Å². The van der Waals surface area contributed by atoms with Gasteiger partial charge in [0.1, 0.15) is 0 Å². The van der Waals surface area contributed by atoms with Crippen molar-refractivity contribution in [2.24, 2.45) is 22.5 Å². The van der Waals surface area contributed by atoms with E-state index in [9.17, 15) is 4.79 Å². The van der Waals surface area contributed by atoms with Crippen molar-refractivity contribution in [1.29, 1.82) is 0 Å². The Hall–Kier alpha value is -0.570. The average Bonchev–Trinajstić information content (AvgIpc) is 3.29. The summed E-state index contributed by atoms with van der Waals surface area (Å²) < 4.78 is 0. The molecule has 3 rings (SSSR count). The maximum Gasteiger partial charge on any atom is 0.220 e. The van der Waals surface area contributed by atoms with Gasteiger partial charge in [-0.15, -0.1) is 0 Å². The van der Waals surface area contributed by atoms with Gasteiger partial charge in [0, 0.05) is 13.0 Å². The van der Waals surface area contributed by atoms with E-state index in [-0.39, 0.29) is 11.3 Å². The Kier molecular flexibility index (Phi) is 3.59. The van der Waals surface area contributed by atoms with Crippen LogP contribution in [0.3, 0.4) is 0 Å². The SMILES string of the molecule is NCC1(CC(=O)NCC2(C3CC3)CC2)CCCCC1. The van der Waals surface area contributed by atoms with Crippen LogP contribution in [-0.4, -0.2) is 19.0 Å². The summed E-state index contributed by atoms with van der Waals surface area (Å²) in [5.74, 6) is 1.17. The second-order valence-corrected chi connectivity index (χ2v) is 7.35. The third kappa shape index (κ3) is 2.96. The predicted molar refractivity (Wildman–Crippen MR) is 76.6 cm³/mol. The van der Waals surface area contributed by atoms with Crippen molar-refractivity contribution in [2.75, 3.05) is 13.1 Å². The molecule has 19 heavy (non-hydrogen) atoms. The van der Waals surface area contributed by atoms with E-state index in [0.717, 1.165) is 25.3 Å². The number of nitrogens with one attached hydrogen (secondary N) is 1. The Morgan fingerprint density at radius 2 is 1.79 bits per heavy atom. The molecule has 3 fully saturated rings. The number of nitrogens with two attached hydrogens (primary N) is 1. The monoisotopic (exact) mass is 264 g/mol. The maximum absolute atomic E-state index is 12.2. The molecular formula is C16H28N2O. The first-order chi connectivity index (χ1) is 9.18. The number of carbonyl (C=O) groups excluding carboxylic acids is 1. The Bertz CT molecular complexity index is 339. The molecule has 0 spiro atoms. The smallest absolute Gasteiger partial charge is 0.220 e. The van der Waals surface area contributed by atoms with Crippen LogP contribution in [0.25, 0.3) is 0 Å². The van der Waals surface area contributed by atoms with Gasteiger partial charge in [0.05, 0.1) is 0 Å². The molecule has 3 heteroatoms. The molecule has 3 saturated carbocycles. The summed E-state index contributed by atoms with van der Waals surface area (Å²) in [5, 5.41) is 3.22.